The van der Waals surface area contributed by atoms with Crippen LogP contribution in [0.3, 0.4) is 0 Å². The van der Waals surface area contributed by atoms with Crippen molar-refractivity contribution in [2.45, 2.75) is 39.5 Å². The third kappa shape index (κ3) is 5.07. The monoisotopic (exact) mass is 390 g/mol. The Balaban J connectivity index is 1.43. The van der Waals surface area contributed by atoms with Crippen molar-refractivity contribution in [1.82, 2.24) is 0 Å². The average Bonchev–Trinajstić information content (AvgIpc) is 3.22. The van der Waals surface area contributed by atoms with E-state index < -0.39 is 0 Å². The van der Waals surface area contributed by atoms with Crippen molar-refractivity contribution < 1.29 is 0 Å². The van der Waals surface area contributed by atoms with Gasteiger partial charge in [-0.15, -0.1) is 0 Å². The van der Waals surface area contributed by atoms with Crippen LogP contribution in [-0.2, 0) is 6.42 Å². The molecule has 0 saturated heterocycles. The van der Waals surface area contributed by atoms with Crippen LogP contribution in [0.5, 0.6) is 0 Å². The van der Waals surface area contributed by atoms with Gasteiger partial charge in [-0.3, -0.25) is 0 Å². The van der Waals surface area contributed by atoms with Crippen LogP contribution in [0.25, 0.3) is 11.6 Å². The molecule has 4 rings (SSSR count). The van der Waals surface area contributed by atoms with Gasteiger partial charge in [0.05, 0.1) is 0 Å². The maximum atomic E-state index is 2.36. The largest absolute Gasteiger partial charge is 0.0617 e. The highest BCUT2D eigenvalue weighted by Crippen LogP contribution is 2.30. The van der Waals surface area contributed by atoms with Gasteiger partial charge >= 0.3 is 0 Å². The molecule has 0 N–H and O–H groups in total. The Hall–Kier alpha value is -3.12. The maximum Gasteiger partial charge on any atom is -0.00198 e. The van der Waals surface area contributed by atoms with Gasteiger partial charge in [-0.2, -0.15) is 0 Å². The molecule has 3 aromatic carbocycles. The third-order valence-corrected chi connectivity index (χ3v) is 5.75. The summed E-state index contributed by atoms with van der Waals surface area (Å²) in [7, 11) is 0. The first-order valence-electron chi connectivity index (χ1n) is 10.9. The second-order valence-corrected chi connectivity index (χ2v) is 8.63. The molecule has 0 fully saturated rings. The Labute approximate surface area is 181 Å². The van der Waals surface area contributed by atoms with E-state index >= 15 is 0 Å². The highest BCUT2D eigenvalue weighted by Gasteiger charge is 2.10. The predicted molar refractivity (Wildman–Crippen MR) is 131 cm³/mol. The normalized spacial score (nSPS) is 13.7. The summed E-state index contributed by atoms with van der Waals surface area (Å²) < 4.78 is 0. The molecule has 30 heavy (non-hydrogen) atoms. The zero-order chi connectivity index (χ0) is 20.9. The van der Waals surface area contributed by atoms with Crippen LogP contribution >= 0.6 is 0 Å². The summed E-state index contributed by atoms with van der Waals surface area (Å²) in [4.78, 5) is 0. The number of hydrogen-bond acceptors (Lipinski definition) is 0. The predicted octanol–water partition coefficient (Wildman–Crippen LogP) is 8.14. The minimum atomic E-state index is 0.567. The number of rotatable bonds is 6. The molecule has 0 aliphatic heterocycles. The summed E-state index contributed by atoms with van der Waals surface area (Å²) in [5.74, 6) is 0.567. The standard InChI is InChI=1S/C30H30/c1-22(2)28-11-5-9-26(20-28)18-27-10-6-12-29(21-27)30-16-15-25(19-30)14-13-24-8-4-7-23(3)17-24/h4-17,20-22H,18-19H2,1-3H3/b14-13+. The lowest BCUT2D eigenvalue weighted by Gasteiger charge is -2.10. The van der Waals surface area contributed by atoms with Crippen molar-refractivity contribution in [3.63, 3.8) is 0 Å². The smallest absolute Gasteiger partial charge is 0.00198 e. The highest BCUT2D eigenvalue weighted by molar-refractivity contribution is 5.74. The van der Waals surface area contributed by atoms with Gasteiger partial charge in [0.15, 0.2) is 0 Å². The van der Waals surface area contributed by atoms with Crippen LogP contribution in [0.2, 0.25) is 0 Å². The molecule has 0 bridgehead atoms. The van der Waals surface area contributed by atoms with E-state index in [1.54, 1.807) is 0 Å². The van der Waals surface area contributed by atoms with Crippen LogP contribution in [0.1, 0.15) is 59.6 Å². The van der Waals surface area contributed by atoms with Crippen molar-refractivity contribution in [1.29, 1.82) is 0 Å². The molecule has 0 heterocycles. The summed E-state index contributed by atoms with van der Waals surface area (Å²) in [6.07, 6.45) is 11.0. The van der Waals surface area contributed by atoms with Gasteiger partial charge in [0.2, 0.25) is 0 Å². The van der Waals surface area contributed by atoms with Crippen molar-refractivity contribution in [2.24, 2.45) is 0 Å². The minimum Gasteiger partial charge on any atom is -0.0617 e. The van der Waals surface area contributed by atoms with Gasteiger partial charge < -0.3 is 0 Å². The van der Waals surface area contributed by atoms with Crippen LogP contribution in [-0.4, -0.2) is 0 Å². The highest BCUT2D eigenvalue weighted by atomic mass is 14.1. The molecule has 0 spiro atoms. The quantitative estimate of drug-likeness (QED) is 0.398. The third-order valence-electron chi connectivity index (χ3n) is 5.75. The molecule has 0 nitrogen and oxygen atoms in total. The molecule has 0 atom stereocenters. The first-order valence-corrected chi connectivity index (χ1v) is 10.9. The zero-order valence-corrected chi connectivity index (χ0v) is 18.2. The van der Waals surface area contributed by atoms with Crippen LogP contribution in [0.4, 0.5) is 0 Å². The summed E-state index contributed by atoms with van der Waals surface area (Å²) in [5, 5.41) is 0. The molecule has 1 aliphatic rings. The maximum absolute atomic E-state index is 2.36. The SMILES string of the molecule is Cc1cccc(/C=C/C2=CC=C(c3cccc(Cc4cccc(C(C)C)c4)c3)C2)c1. The Morgan fingerprint density at radius 1 is 0.800 bits per heavy atom. The lowest BCUT2D eigenvalue weighted by atomic mass is 9.95. The van der Waals surface area contributed by atoms with E-state index in [0.717, 1.165) is 12.8 Å². The average molecular weight is 391 g/mol. The van der Waals surface area contributed by atoms with E-state index in [-0.39, 0.29) is 0 Å². The van der Waals surface area contributed by atoms with Gasteiger partial charge in [0.1, 0.15) is 0 Å². The number of benzene rings is 3. The molecular formula is C30H30. The Bertz CT molecular complexity index is 1120. The van der Waals surface area contributed by atoms with Gasteiger partial charge in [0.25, 0.3) is 0 Å². The van der Waals surface area contributed by atoms with Crippen molar-refractivity contribution >= 4 is 11.6 Å². The molecule has 1 aliphatic carbocycles. The number of allylic oxidation sites excluding steroid dienone is 5. The summed E-state index contributed by atoms with van der Waals surface area (Å²) in [5.41, 5.74) is 10.8. The van der Waals surface area contributed by atoms with E-state index in [1.807, 2.05) is 0 Å². The summed E-state index contributed by atoms with van der Waals surface area (Å²) >= 11 is 0. The van der Waals surface area contributed by atoms with E-state index in [0.29, 0.717) is 5.92 Å². The van der Waals surface area contributed by atoms with Gasteiger partial charge in [-0.1, -0.05) is 117 Å². The van der Waals surface area contributed by atoms with E-state index in [1.165, 1.54) is 44.5 Å². The van der Waals surface area contributed by atoms with Crippen LogP contribution < -0.4 is 0 Å². The Morgan fingerprint density at radius 3 is 2.37 bits per heavy atom. The molecule has 3 aromatic rings. The van der Waals surface area contributed by atoms with Crippen molar-refractivity contribution in [3.8, 4) is 0 Å². The lowest BCUT2D eigenvalue weighted by molar-refractivity contribution is 0.863. The Kier molecular flexibility index (Phi) is 6.14. The Morgan fingerprint density at radius 2 is 1.57 bits per heavy atom. The molecule has 0 unspecified atom stereocenters. The van der Waals surface area contributed by atoms with Crippen molar-refractivity contribution in [3.05, 3.63) is 130 Å². The van der Waals surface area contributed by atoms with Crippen LogP contribution in [0.15, 0.2) is 96.6 Å². The van der Waals surface area contributed by atoms with E-state index in [9.17, 15) is 0 Å². The molecular weight excluding hydrogens is 360 g/mol. The van der Waals surface area contributed by atoms with Crippen molar-refractivity contribution in [2.75, 3.05) is 0 Å². The van der Waals surface area contributed by atoms with E-state index in [4.69, 9.17) is 0 Å². The fraction of sp³-hybridized carbons (Fsp3) is 0.200. The number of aryl methyl sites for hydroxylation is 1. The van der Waals surface area contributed by atoms with Gasteiger partial charge in [0, 0.05) is 0 Å². The van der Waals surface area contributed by atoms with E-state index in [2.05, 4.69) is 118 Å². The molecule has 0 saturated carbocycles. The van der Waals surface area contributed by atoms with Gasteiger partial charge in [-0.25, -0.2) is 0 Å². The first kappa shape index (κ1) is 20.2. The molecule has 0 amide bonds. The molecule has 0 heteroatoms. The molecule has 0 aromatic heterocycles. The number of hydrogen-bond donors (Lipinski definition) is 0. The lowest BCUT2D eigenvalue weighted by Crippen LogP contribution is -1.93. The minimum absolute atomic E-state index is 0.567. The molecule has 150 valence electrons. The summed E-state index contributed by atoms with van der Waals surface area (Å²) in [6.45, 7) is 6.65. The second kappa shape index (κ2) is 9.13. The fourth-order valence-electron chi connectivity index (χ4n) is 4.01. The van der Waals surface area contributed by atoms with Crippen LogP contribution in [0, 0.1) is 6.92 Å². The fourth-order valence-corrected chi connectivity index (χ4v) is 4.01. The zero-order valence-electron chi connectivity index (χ0n) is 18.2. The molecule has 0 radical (unpaired) electrons. The van der Waals surface area contributed by atoms with Gasteiger partial charge in [-0.05, 0) is 64.6 Å². The summed E-state index contributed by atoms with van der Waals surface area (Å²) in [6, 6.07) is 26.7. The first-order chi connectivity index (χ1) is 14.6. The topological polar surface area (TPSA) is 0 Å². The second-order valence-electron chi connectivity index (χ2n) is 8.63.